The van der Waals surface area contributed by atoms with Crippen molar-refractivity contribution in [2.75, 3.05) is 7.05 Å². The van der Waals surface area contributed by atoms with Crippen LogP contribution >= 0.6 is 27.3 Å². The van der Waals surface area contributed by atoms with Crippen molar-refractivity contribution < 1.29 is 0 Å². The van der Waals surface area contributed by atoms with E-state index in [0.717, 1.165) is 17.3 Å². The first kappa shape index (κ1) is 13.8. The van der Waals surface area contributed by atoms with Gasteiger partial charge in [-0.2, -0.15) is 0 Å². The third-order valence-electron chi connectivity index (χ3n) is 3.09. The van der Waals surface area contributed by atoms with Gasteiger partial charge in [-0.05, 0) is 43.3 Å². The highest BCUT2D eigenvalue weighted by atomic mass is 79.9. The van der Waals surface area contributed by atoms with Gasteiger partial charge >= 0.3 is 0 Å². The molecular formula is C15H18BrNS. The molecule has 0 bridgehead atoms. The van der Waals surface area contributed by atoms with Gasteiger partial charge in [0.15, 0.2) is 0 Å². The topological polar surface area (TPSA) is 12.0 Å². The Morgan fingerprint density at radius 3 is 2.33 bits per heavy atom. The zero-order valence-corrected chi connectivity index (χ0v) is 13.1. The smallest absolute Gasteiger partial charge is 0.0366 e. The van der Waals surface area contributed by atoms with Gasteiger partial charge in [-0.1, -0.05) is 35.0 Å². The normalized spacial score (nSPS) is 12.6. The zero-order chi connectivity index (χ0) is 13.0. The lowest BCUT2D eigenvalue weighted by atomic mass is 10.0. The monoisotopic (exact) mass is 323 g/mol. The van der Waals surface area contributed by atoms with Gasteiger partial charge in [0.25, 0.3) is 0 Å². The lowest BCUT2D eigenvalue weighted by Crippen LogP contribution is -2.18. The van der Waals surface area contributed by atoms with Crippen LogP contribution in [0.1, 0.15) is 28.3 Å². The van der Waals surface area contributed by atoms with Gasteiger partial charge in [0.1, 0.15) is 0 Å². The molecule has 0 aliphatic heterocycles. The van der Waals surface area contributed by atoms with E-state index in [4.69, 9.17) is 0 Å². The molecule has 0 amide bonds. The van der Waals surface area contributed by atoms with E-state index in [1.165, 1.54) is 15.3 Å². The van der Waals surface area contributed by atoms with Crippen LogP contribution in [0.2, 0.25) is 0 Å². The number of hydrogen-bond donors (Lipinski definition) is 1. The van der Waals surface area contributed by atoms with Crippen molar-refractivity contribution in [2.45, 2.75) is 25.8 Å². The Balaban J connectivity index is 2.11. The minimum Gasteiger partial charge on any atom is -0.313 e. The summed E-state index contributed by atoms with van der Waals surface area (Å²) in [6, 6.07) is 13.5. The third kappa shape index (κ3) is 3.44. The maximum atomic E-state index is 3.48. The molecule has 0 aliphatic rings. The van der Waals surface area contributed by atoms with E-state index in [-0.39, 0.29) is 0 Å². The number of aryl methyl sites for hydroxylation is 1. The van der Waals surface area contributed by atoms with Gasteiger partial charge in [-0.3, -0.25) is 0 Å². The SMILES string of the molecule is CCc1ccc(CC(NC)c2ccc(Br)cc2)s1. The first-order valence-corrected chi connectivity index (χ1v) is 7.84. The molecule has 0 radical (unpaired) electrons. The predicted octanol–water partition coefficient (Wildman–Crippen LogP) is 4.58. The average molecular weight is 324 g/mol. The zero-order valence-electron chi connectivity index (χ0n) is 10.7. The molecule has 1 unspecified atom stereocenters. The van der Waals surface area contributed by atoms with Crippen molar-refractivity contribution in [3.8, 4) is 0 Å². The van der Waals surface area contributed by atoms with Crippen molar-refractivity contribution in [2.24, 2.45) is 0 Å². The maximum absolute atomic E-state index is 3.48. The molecule has 1 N–H and O–H groups in total. The molecular weight excluding hydrogens is 306 g/mol. The summed E-state index contributed by atoms with van der Waals surface area (Å²) in [6.45, 7) is 2.21. The Bertz CT molecular complexity index is 489. The number of benzene rings is 1. The molecule has 1 atom stereocenters. The molecule has 0 saturated carbocycles. The minimum absolute atomic E-state index is 0.390. The summed E-state index contributed by atoms with van der Waals surface area (Å²) < 4.78 is 1.13. The van der Waals surface area contributed by atoms with E-state index < -0.39 is 0 Å². The van der Waals surface area contributed by atoms with Crippen molar-refractivity contribution >= 4 is 27.3 Å². The molecule has 0 spiro atoms. The molecule has 3 heteroatoms. The van der Waals surface area contributed by atoms with Crippen molar-refractivity contribution in [3.05, 3.63) is 56.2 Å². The van der Waals surface area contributed by atoms with Crippen LogP contribution in [0, 0.1) is 0 Å². The Labute approximate surface area is 121 Å². The van der Waals surface area contributed by atoms with Crippen LogP contribution < -0.4 is 5.32 Å². The quantitative estimate of drug-likeness (QED) is 0.849. The molecule has 1 nitrogen and oxygen atoms in total. The number of likely N-dealkylation sites (N-methyl/N-ethyl adjacent to an activating group) is 1. The maximum Gasteiger partial charge on any atom is 0.0366 e. The Morgan fingerprint density at radius 2 is 1.78 bits per heavy atom. The van der Waals surface area contributed by atoms with Crippen molar-refractivity contribution in [3.63, 3.8) is 0 Å². The third-order valence-corrected chi connectivity index (χ3v) is 4.87. The summed E-state index contributed by atoms with van der Waals surface area (Å²) in [6.07, 6.45) is 2.19. The van der Waals surface area contributed by atoms with Gasteiger partial charge in [0.05, 0.1) is 0 Å². The second-order valence-corrected chi connectivity index (χ2v) is 6.49. The standard InChI is InChI=1S/C15H18BrNS/c1-3-13-8-9-14(18-13)10-15(17-2)11-4-6-12(16)7-5-11/h4-9,15,17H,3,10H2,1-2H3. The number of hydrogen-bond acceptors (Lipinski definition) is 2. The first-order chi connectivity index (χ1) is 8.72. The van der Waals surface area contributed by atoms with Gasteiger partial charge < -0.3 is 5.32 Å². The van der Waals surface area contributed by atoms with E-state index in [2.05, 4.69) is 64.6 Å². The highest BCUT2D eigenvalue weighted by Gasteiger charge is 2.11. The van der Waals surface area contributed by atoms with E-state index in [0.29, 0.717) is 6.04 Å². The van der Waals surface area contributed by atoms with Crippen LogP contribution in [0.15, 0.2) is 40.9 Å². The predicted molar refractivity (Wildman–Crippen MR) is 83.3 cm³/mol. The fourth-order valence-corrected chi connectivity index (χ4v) is 3.27. The molecule has 0 fully saturated rings. The summed E-state index contributed by atoms with van der Waals surface area (Å²) in [4.78, 5) is 2.92. The van der Waals surface area contributed by atoms with E-state index >= 15 is 0 Å². The Hall–Kier alpha value is -0.640. The van der Waals surface area contributed by atoms with Gasteiger partial charge in [0, 0.05) is 26.7 Å². The van der Waals surface area contributed by atoms with Crippen LogP contribution in [-0.4, -0.2) is 7.05 Å². The molecule has 2 aromatic rings. The summed E-state index contributed by atoms with van der Waals surface area (Å²) in [5, 5.41) is 3.40. The fourth-order valence-electron chi connectivity index (χ4n) is 2.00. The minimum atomic E-state index is 0.390. The average Bonchev–Trinajstić information content (AvgIpc) is 2.85. The van der Waals surface area contributed by atoms with Crippen LogP contribution in [0.25, 0.3) is 0 Å². The second kappa shape index (κ2) is 6.50. The first-order valence-electron chi connectivity index (χ1n) is 6.23. The Kier molecular flexibility index (Phi) is 4.98. The summed E-state index contributed by atoms with van der Waals surface area (Å²) in [7, 11) is 2.03. The van der Waals surface area contributed by atoms with Gasteiger partial charge in [-0.25, -0.2) is 0 Å². The Morgan fingerprint density at radius 1 is 1.11 bits per heavy atom. The molecule has 96 valence electrons. The van der Waals surface area contributed by atoms with Gasteiger partial charge in [-0.15, -0.1) is 11.3 Å². The van der Waals surface area contributed by atoms with Crippen molar-refractivity contribution in [1.29, 1.82) is 0 Å². The van der Waals surface area contributed by atoms with Gasteiger partial charge in [0.2, 0.25) is 0 Å². The number of thiophene rings is 1. The number of halogens is 1. The van der Waals surface area contributed by atoms with Crippen LogP contribution in [-0.2, 0) is 12.8 Å². The van der Waals surface area contributed by atoms with Crippen LogP contribution in [0.4, 0.5) is 0 Å². The molecule has 18 heavy (non-hydrogen) atoms. The van der Waals surface area contributed by atoms with Crippen LogP contribution in [0.5, 0.6) is 0 Å². The van der Waals surface area contributed by atoms with Crippen LogP contribution in [0.3, 0.4) is 0 Å². The van der Waals surface area contributed by atoms with E-state index in [1.54, 1.807) is 0 Å². The van der Waals surface area contributed by atoms with E-state index in [1.807, 2.05) is 18.4 Å². The molecule has 0 saturated heterocycles. The second-order valence-electron chi connectivity index (χ2n) is 4.32. The molecule has 1 heterocycles. The summed E-state index contributed by atoms with van der Waals surface area (Å²) in [5.74, 6) is 0. The summed E-state index contributed by atoms with van der Waals surface area (Å²) in [5.41, 5.74) is 1.34. The number of nitrogens with one attached hydrogen (secondary N) is 1. The molecule has 1 aromatic carbocycles. The highest BCUT2D eigenvalue weighted by Crippen LogP contribution is 2.25. The lowest BCUT2D eigenvalue weighted by molar-refractivity contribution is 0.596. The fraction of sp³-hybridized carbons (Fsp3) is 0.333. The van der Waals surface area contributed by atoms with E-state index in [9.17, 15) is 0 Å². The highest BCUT2D eigenvalue weighted by molar-refractivity contribution is 9.10. The molecule has 2 rings (SSSR count). The largest absolute Gasteiger partial charge is 0.313 e. The lowest BCUT2D eigenvalue weighted by Gasteiger charge is -2.15. The molecule has 1 aromatic heterocycles. The number of rotatable bonds is 5. The van der Waals surface area contributed by atoms with Crippen molar-refractivity contribution in [1.82, 2.24) is 5.32 Å². The summed E-state index contributed by atoms with van der Waals surface area (Å²) >= 11 is 5.40. The molecule has 0 aliphatic carbocycles.